The molecular weight excluding hydrogens is 268 g/mol. The number of rotatable bonds is 3. The van der Waals surface area contributed by atoms with E-state index in [1.165, 1.54) is 7.11 Å². The van der Waals surface area contributed by atoms with Crippen molar-refractivity contribution in [3.8, 4) is 11.3 Å². The van der Waals surface area contributed by atoms with E-state index in [-0.39, 0.29) is 6.04 Å². The van der Waals surface area contributed by atoms with Crippen LogP contribution in [0, 0.1) is 0 Å². The van der Waals surface area contributed by atoms with Gasteiger partial charge in [0.05, 0.1) is 31.3 Å². The topological polar surface area (TPSA) is 64.3 Å². The minimum absolute atomic E-state index is 0.0360. The van der Waals surface area contributed by atoms with Gasteiger partial charge in [0.25, 0.3) is 0 Å². The summed E-state index contributed by atoms with van der Waals surface area (Å²) >= 11 is 0. The molecule has 0 aliphatic heterocycles. The minimum atomic E-state index is -0.458. The lowest BCUT2D eigenvalue weighted by Gasteiger charge is -2.19. The first-order valence-electron chi connectivity index (χ1n) is 7.11. The molecule has 1 aliphatic rings. The van der Waals surface area contributed by atoms with E-state index in [0.717, 1.165) is 24.8 Å². The van der Waals surface area contributed by atoms with E-state index in [0.29, 0.717) is 11.4 Å². The molecule has 1 aromatic heterocycles. The average molecular weight is 286 g/mol. The van der Waals surface area contributed by atoms with Crippen LogP contribution in [0.25, 0.3) is 11.3 Å². The molecule has 0 bridgehead atoms. The first kappa shape index (κ1) is 13.8. The quantitative estimate of drug-likeness (QED) is 0.880. The highest BCUT2D eigenvalue weighted by molar-refractivity contribution is 5.94. The average Bonchev–Trinajstić information content (AvgIpc) is 3.13. The lowest BCUT2D eigenvalue weighted by atomic mass is 10.1. The third kappa shape index (κ3) is 2.45. The normalized spacial score (nSPS) is 21.4. The maximum absolute atomic E-state index is 12.0. The van der Waals surface area contributed by atoms with Crippen molar-refractivity contribution in [2.24, 2.45) is 0 Å². The summed E-state index contributed by atoms with van der Waals surface area (Å²) < 4.78 is 6.74. The zero-order valence-electron chi connectivity index (χ0n) is 11.9. The Bertz CT molecular complexity index is 636. The van der Waals surface area contributed by atoms with Crippen molar-refractivity contribution in [3.05, 3.63) is 42.4 Å². The van der Waals surface area contributed by atoms with Crippen LogP contribution in [0.4, 0.5) is 0 Å². The Morgan fingerprint density at radius 1 is 1.33 bits per heavy atom. The van der Waals surface area contributed by atoms with E-state index in [1.54, 1.807) is 6.33 Å². The lowest BCUT2D eigenvalue weighted by molar-refractivity contribution is 0.0595. The van der Waals surface area contributed by atoms with E-state index in [1.807, 2.05) is 34.9 Å². The Morgan fingerprint density at radius 3 is 2.71 bits per heavy atom. The summed E-state index contributed by atoms with van der Waals surface area (Å²) in [5, 5.41) is 10.2. The number of carbonyl (C=O) groups excluding carboxylic acids is 1. The monoisotopic (exact) mass is 286 g/mol. The molecule has 2 unspecified atom stereocenters. The number of methoxy groups -OCH3 is 1. The molecule has 3 rings (SSSR count). The third-order valence-corrected chi connectivity index (χ3v) is 4.02. The Hall–Kier alpha value is -2.14. The largest absolute Gasteiger partial charge is 0.464 e. The van der Waals surface area contributed by atoms with E-state index < -0.39 is 12.1 Å². The molecule has 2 atom stereocenters. The maximum atomic E-state index is 12.0. The number of hydrogen-bond acceptors (Lipinski definition) is 4. The van der Waals surface area contributed by atoms with Gasteiger partial charge in [0.15, 0.2) is 5.69 Å². The number of ether oxygens (including phenoxy) is 1. The third-order valence-electron chi connectivity index (χ3n) is 4.02. The fourth-order valence-corrected chi connectivity index (χ4v) is 2.99. The van der Waals surface area contributed by atoms with Gasteiger partial charge in [-0.25, -0.2) is 9.78 Å². The van der Waals surface area contributed by atoms with E-state index in [2.05, 4.69) is 4.98 Å². The van der Waals surface area contributed by atoms with Crippen molar-refractivity contribution in [2.75, 3.05) is 7.11 Å². The highest BCUT2D eigenvalue weighted by Crippen LogP contribution is 2.35. The van der Waals surface area contributed by atoms with Crippen molar-refractivity contribution in [1.82, 2.24) is 9.55 Å². The smallest absolute Gasteiger partial charge is 0.358 e. The molecule has 1 heterocycles. The predicted molar refractivity (Wildman–Crippen MR) is 77.9 cm³/mol. The fourth-order valence-electron chi connectivity index (χ4n) is 2.99. The molecule has 5 heteroatoms. The number of aliphatic hydroxyl groups is 1. The molecule has 1 aromatic carbocycles. The van der Waals surface area contributed by atoms with Gasteiger partial charge in [-0.1, -0.05) is 30.3 Å². The number of esters is 1. The number of imidazole rings is 1. The number of aliphatic hydroxyl groups excluding tert-OH is 1. The van der Waals surface area contributed by atoms with Crippen molar-refractivity contribution in [3.63, 3.8) is 0 Å². The number of carbonyl (C=O) groups is 1. The van der Waals surface area contributed by atoms with Gasteiger partial charge in [-0.15, -0.1) is 0 Å². The van der Waals surface area contributed by atoms with Crippen LogP contribution in [0.3, 0.4) is 0 Å². The zero-order valence-corrected chi connectivity index (χ0v) is 11.9. The van der Waals surface area contributed by atoms with Gasteiger partial charge >= 0.3 is 5.97 Å². The molecule has 2 aromatic rings. The molecule has 110 valence electrons. The van der Waals surface area contributed by atoms with Crippen LogP contribution < -0.4 is 0 Å². The Balaban J connectivity index is 2.13. The van der Waals surface area contributed by atoms with Crippen molar-refractivity contribution in [1.29, 1.82) is 0 Å². The van der Waals surface area contributed by atoms with Crippen LogP contribution in [0.15, 0.2) is 36.7 Å². The number of benzene rings is 1. The summed E-state index contributed by atoms with van der Waals surface area (Å²) in [4.78, 5) is 16.2. The molecule has 0 radical (unpaired) electrons. The van der Waals surface area contributed by atoms with Gasteiger partial charge in [-0.05, 0) is 19.3 Å². The molecule has 1 aliphatic carbocycles. The van der Waals surface area contributed by atoms with E-state index in [4.69, 9.17) is 4.74 Å². The number of hydrogen-bond donors (Lipinski definition) is 1. The first-order chi connectivity index (χ1) is 10.2. The lowest BCUT2D eigenvalue weighted by Crippen LogP contribution is -2.19. The highest BCUT2D eigenvalue weighted by Gasteiger charge is 2.31. The molecule has 1 fully saturated rings. The second-order valence-corrected chi connectivity index (χ2v) is 5.27. The maximum Gasteiger partial charge on any atom is 0.358 e. The summed E-state index contributed by atoms with van der Waals surface area (Å²) in [6.07, 6.45) is 3.88. The number of aromatic nitrogens is 2. The molecule has 1 saturated carbocycles. The Kier molecular flexibility index (Phi) is 3.75. The van der Waals surface area contributed by atoms with Gasteiger partial charge in [-0.3, -0.25) is 0 Å². The molecule has 0 saturated heterocycles. The highest BCUT2D eigenvalue weighted by atomic mass is 16.5. The summed E-state index contributed by atoms with van der Waals surface area (Å²) in [5.41, 5.74) is 1.91. The van der Waals surface area contributed by atoms with E-state index >= 15 is 0 Å². The molecule has 5 nitrogen and oxygen atoms in total. The summed E-state index contributed by atoms with van der Waals surface area (Å²) in [5.74, 6) is -0.458. The van der Waals surface area contributed by atoms with Crippen LogP contribution >= 0.6 is 0 Å². The van der Waals surface area contributed by atoms with Gasteiger partial charge in [-0.2, -0.15) is 0 Å². The van der Waals surface area contributed by atoms with Crippen LogP contribution in [-0.2, 0) is 4.74 Å². The molecular formula is C16H18N2O3. The van der Waals surface area contributed by atoms with E-state index in [9.17, 15) is 9.90 Å². The van der Waals surface area contributed by atoms with Crippen molar-refractivity contribution < 1.29 is 14.6 Å². The van der Waals surface area contributed by atoms with Crippen LogP contribution in [-0.4, -0.2) is 33.8 Å². The van der Waals surface area contributed by atoms with Gasteiger partial charge in [0, 0.05) is 5.56 Å². The fraction of sp³-hybridized carbons (Fsp3) is 0.375. The standard InChI is InChI=1S/C16H18N2O3/c1-21-16(20)14-15(11-6-3-2-4-7-11)18(10-17-14)12-8-5-9-13(12)19/h2-4,6-7,10,12-13,19H,5,8-9H2,1H3. The molecule has 0 spiro atoms. The van der Waals surface area contributed by atoms with Gasteiger partial charge < -0.3 is 14.4 Å². The second-order valence-electron chi connectivity index (χ2n) is 5.27. The minimum Gasteiger partial charge on any atom is -0.464 e. The van der Waals surface area contributed by atoms with Crippen molar-refractivity contribution in [2.45, 2.75) is 31.4 Å². The number of nitrogens with zero attached hydrogens (tertiary/aromatic N) is 2. The SMILES string of the molecule is COC(=O)c1ncn(C2CCCC2O)c1-c1ccccc1. The molecule has 1 N–H and O–H groups in total. The van der Waals surface area contributed by atoms with Crippen LogP contribution in [0.1, 0.15) is 35.8 Å². The zero-order chi connectivity index (χ0) is 14.8. The Labute approximate surface area is 123 Å². The molecule has 21 heavy (non-hydrogen) atoms. The first-order valence-corrected chi connectivity index (χ1v) is 7.11. The second kappa shape index (κ2) is 5.69. The van der Waals surface area contributed by atoms with Crippen molar-refractivity contribution >= 4 is 5.97 Å². The molecule has 0 amide bonds. The van der Waals surface area contributed by atoms with Gasteiger partial charge in [0.2, 0.25) is 0 Å². The van der Waals surface area contributed by atoms with Gasteiger partial charge in [0.1, 0.15) is 0 Å². The Morgan fingerprint density at radius 2 is 2.10 bits per heavy atom. The summed E-state index contributed by atoms with van der Waals surface area (Å²) in [6, 6.07) is 9.58. The van der Waals surface area contributed by atoms with Crippen LogP contribution in [0.2, 0.25) is 0 Å². The predicted octanol–water partition coefficient (Wildman–Crippen LogP) is 2.42. The summed E-state index contributed by atoms with van der Waals surface area (Å²) in [6.45, 7) is 0. The summed E-state index contributed by atoms with van der Waals surface area (Å²) in [7, 11) is 1.35. The van der Waals surface area contributed by atoms with Crippen LogP contribution in [0.5, 0.6) is 0 Å².